The molecule has 9 heteroatoms. The molecule has 3 aromatic heterocycles. The Morgan fingerprint density at radius 1 is 0.250 bits per heavy atom. The van der Waals surface area contributed by atoms with Crippen LogP contribution in [-0.4, -0.2) is 44.9 Å². The molecule has 0 saturated carbocycles. The van der Waals surface area contributed by atoms with Crippen LogP contribution in [0.3, 0.4) is 0 Å². The maximum atomic E-state index is 5.08. The molecule has 0 fully saturated rings. The van der Waals surface area contributed by atoms with E-state index in [4.69, 9.17) is 44.9 Å². The summed E-state index contributed by atoms with van der Waals surface area (Å²) in [6.07, 6.45) is 0. The fourth-order valence-electron chi connectivity index (χ4n) is 6.06. The molecule has 0 atom stereocenters. The van der Waals surface area contributed by atoms with E-state index in [9.17, 15) is 0 Å². The highest BCUT2D eigenvalue weighted by atomic mass is 15.1. The molecule has 5 aromatic carbocycles. The minimum Gasteiger partial charge on any atom is -0.212 e. The molecule has 56 heavy (non-hydrogen) atoms. The Balaban J connectivity index is 1.25. The van der Waals surface area contributed by atoms with Gasteiger partial charge in [0.1, 0.15) is 11.6 Å². The number of hydrogen-bond acceptors (Lipinski definition) is 9. The zero-order chi connectivity index (χ0) is 38.9. The highest BCUT2D eigenvalue weighted by Gasteiger charge is 2.23. The van der Waals surface area contributed by atoms with Gasteiger partial charge in [-0.1, -0.05) is 169 Å². The van der Waals surface area contributed by atoms with Crippen molar-refractivity contribution in [3.05, 3.63) is 151 Å². The molecule has 0 unspecified atom stereocenters. The van der Waals surface area contributed by atoms with Crippen molar-refractivity contribution < 1.29 is 0 Å². The third kappa shape index (κ3) is 7.84. The molecule has 0 spiro atoms. The van der Waals surface area contributed by atoms with E-state index in [-0.39, 0.29) is 10.8 Å². The van der Waals surface area contributed by atoms with Crippen LogP contribution < -0.4 is 0 Å². The van der Waals surface area contributed by atoms with Gasteiger partial charge in [0, 0.05) is 49.8 Å². The summed E-state index contributed by atoms with van der Waals surface area (Å²) in [5.41, 5.74) is 5.42. The lowest BCUT2D eigenvalue weighted by Crippen LogP contribution is -2.18. The van der Waals surface area contributed by atoms with Crippen molar-refractivity contribution >= 4 is 0 Å². The van der Waals surface area contributed by atoms with Crippen LogP contribution in [0.5, 0.6) is 0 Å². The Morgan fingerprint density at radius 2 is 0.464 bits per heavy atom. The minimum absolute atomic E-state index is 0.292. The van der Waals surface area contributed by atoms with Gasteiger partial charge in [-0.15, -0.1) is 0 Å². The van der Waals surface area contributed by atoms with Crippen molar-refractivity contribution in [2.24, 2.45) is 0 Å². The van der Waals surface area contributed by atoms with E-state index in [1.807, 2.05) is 140 Å². The van der Waals surface area contributed by atoms with Crippen molar-refractivity contribution in [2.75, 3.05) is 0 Å². The largest absolute Gasteiger partial charge is 0.212 e. The zero-order valence-corrected chi connectivity index (χ0v) is 32.3. The quantitative estimate of drug-likeness (QED) is 0.158. The van der Waals surface area contributed by atoms with Crippen molar-refractivity contribution in [3.63, 3.8) is 0 Å². The van der Waals surface area contributed by atoms with Crippen LogP contribution in [0.15, 0.2) is 140 Å². The molecule has 8 rings (SSSR count). The van der Waals surface area contributed by atoms with E-state index in [2.05, 4.69) is 41.5 Å². The van der Waals surface area contributed by atoms with Gasteiger partial charge in [0.05, 0.1) is 0 Å². The summed E-state index contributed by atoms with van der Waals surface area (Å²) in [5.74, 6) is 5.45. The van der Waals surface area contributed by atoms with E-state index in [0.29, 0.717) is 52.4 Å². The maximum Gasteiger partial charge on any atom is 0.164 e. The first-order chi connectivity index (χ1) is 27.0. The first kappa shape index (κ1) is 36.1. The first-order valence-electron chi connectivity index (χ1n) is 18.6. The molecule has 0 N–H and O–H groups in total. The van der Waals surface area contributed by atoms with Gasteiger partial charge in [-0.2, -0.15) is 0 Å². The number of hydrogen-bond donors (Lipinski definition) is 0. The topological polar surface area (TPSA) is 116 Å². The zero-order valence-electron chi connectivity index (χ0n) is 32.3. The Hall–Kier alpha value is -6.87. The molecule has 0 bridgehead atoms. The van der Waals surface area contributed by atoms with E-state index >= 15 is 0 Å². The van der Waals surface area contributed by atoms with Crippen molar-refractivity contribution in [2.45, 2.75) is 52.4 Å². The number of nitrogens with zero attached hydrogens (tertiary/aromatic N) is 9. The van der Waals surface area contributed by atoms with Gasteiger partial charge >= 0.3 is 0 Å². The van der Waals surface area contributed by atoms with Gasteiger partial charge in [-0.05, 0) is 12.1 Å². The van der Waals surface area contributed by atoms with Gasteiger partial charge in [0.15, 0.2) is 40.8 Å². The highest BCUT2D eigenvalue weighted by molar-refractivity contribution is 5.73. The second-order valence-electron chi connectivity index (χ2n) is 15.7. The molecular weight excluding hydrogens is 691 g/mol. The van der Waals surface area contributed by atoms with Crippen LogP contribution in [0.2, 0.25) is 0 Å². The fraction of sp³-hybridized carbons (Fsp3) is 0.170. The molecule has 0 aliphatic carbocycles. The van der Waals surface area contributed by atoms with Crippen LogP contribution in [0.4, 0.5) is 0 Å². The molecular formula is C47H41N9. The van der Waals surface area contributed by atoms with Crippen LogP contribution in [0, 0.1) is 0 Å². The fourth-order valence-corrected chi connectivity index (χ4v) is 6.06. The lowest BCUT2D eigenvalue weighted by atomic mass is 9.95. The minimum atomic E-state index is -0.292. The average molecular weight is 732 g/mol. The molecule has 274 valence electrons. The predicted molar refractivity (Wildman–Crippen MR) is 222 cm³/mol. The van der Waals surface area contributed by atoms with Crippen molar-refractivity contribution in [1.29, 1.82) is 0 Å². The normalized spacial score (nSPS) is 11.8. The summed E-state index contributed by atoms with van der Waals surface area (Å²) in [4.78, 5) is 44.7. The summed E-state index contributed by atoms with van der Waals surface area (Å²) in [6.45, 7) is 12.6. The number of benzene rings is 5. The van der Waals surface area contributed by atoms with E-state index in [1.54, 1.807) is 0 Å². The molecule has 0 radical (unpaired) electrons. The van der Waals surface area contributed by atoms with E-state index in [1.165, 1.54) is 0 Å². The molecule has 0 aliphatic rings. The molecule has 9 nitrogen and oxygen atoms in total. The van der Waals surface area contributed by atoms with Gasteiger partial charge in [0.25, 0.3) is 0 Å². The van der Waals surface area contributed by atoms with Gasteiger partial charge in [-0.3, -0.25) is 0 Å². The Morgan fingerprint density at radius 3 is 0.732 bits per heavy atom. The van der Waals surface area contributed by atoms with Gasteiger partial charge < -0.3 is 0 Å². The number of rotatable bonds is 7. The van der Waals surface area contributed by atoms with Crippen LogP contribution in [-0.2, 0) is 10.8 Å². The lowest BCUT2D eigenvalue weighted by Gasteiger charge is -2.18. The second kappa shape index (κ2) is 14.8. The predicted octanol–water partition coefficient (Wildman–Crippen LogP) is 10.5. The lowest BCUT2D eigenvalue weighted by molar-refractivity contribution is 0.543. The van der Waals surface area contributed by atoms with E-state index < -0.39 is 0 Å². The van der Waals surface area contributed by atoms with Crippen LogP contribution in [0.1, 0.15) is 53.2 Å². The SMILES string of the molecule is CC(C)(C)c1nc(-c2ccccc2)nc(-c2cccc(-c3nc(-c4ccccc4)nc(-c4cccc(-c5nc(-c6ccccc6)nc(C(C)(C)C)n5)c4)n3)c2)n1. The summed E-state index contributed by atoms with van der Waals surface area (Å²) in [6, 6.07) is 46.0. The summed E-state index contributed by atoms with van der Waals surface area (Å²) >= 11 is 0. The molecule has 0 saturated heterocycles. The summed E-state index contributed by atoms with van der Waals surface area (Å²) in [5, 5.41) is 0. The maximum absolute atomic E-state index is 5.08. The van der Waals surface area contributed by atoms with Gasteiger partial charge in [-0.25, -0.2) is 44.9 Å². The monoisotopic (exact) mass is 731 g/mol. The Kier molecular flexibility index (Phi) is 9.52. The Labute approximate surface area is 327 Å². The molecule has 3 heterocycles. The Bertz CT molecular complexity index is 2490. The third-order valence-electron chi connectivity index (χ3n) is 9.10. The first-order valence-corrected chi connectivity index (χ1v) is 18.6. The van der Waals surface area contributed by atoms with Gasteiger partial charge in [0.2, 0.25) is 0 Å². The summed E-state index contributed by atoms with van der Waals surface area (Å²) in [7, 11) is 0. The molecule has 8 aromatic rings. The molecule has 0 amide bonds. The van der Waals surface area contributed by atoms with Crippen LogP contribution >= 0.6 is 0 Å². The van der Waals surface area contributed by atoms with Crippen molar-refractivity contribution in [3.8, 4) is 79.7 Å². The summed E-state index contributed by atoms with van der Waals surface area (Å²) < 4.78 is 0. The third-order valence-corrected chi connectivity index (χ3v) is 9.10. The highest BCUT2D eigenvalue weighted by Crippen LogP contribution is 2.32. The molecule has 0 aliphatic heterocycles. The average Bonchev–Trinajstić information content (AvgIpc) is 3.23. The smallest absolute Gasteiger partial charge is 0.164 e. The second-order valence-corrected chi connectivity index (χ2v) is 15.7. The van der Waals surface area contributed by atoms with E-state index in [0.717, 1.165) is 38.9 Å². The standard InChI is InChI=1S/C47H41N9/c1-46(2,3)44-53-38(31-20-12-8-13-21-31)50-42(55-44)35-26-16-24-33(28-35)40-48-37(30-18-10-7-11-19-30)49-41(52-40)34-25-17-27-36(29-34)43-51-39(32-22-14-9-15-23-32)54-45(56-43)47(4,5)6/h7-29H,1-6H3. The van der Waals surface area contributed by atoms with Crippen molar-refractivity contribution in [1.82, 2.24) is 44.9 Å². The number of aromatic nitrogens is 9. The van der Waals surface area contributed by atoms with Crippen LogP contribution in [0.25, 0.3) is 79.7 Å².